The second-order valence-corrected chi connectivity index (χ2v) is 18.4. The number of H-pyrrole nitrogens is 4. The molecule has 4 N–H and O–H groups in total. The first-order chi connectivity index (χ1) is 31.9. The van der Waals surface area contributed by atoms with E-state index in [1.54, 1.807) is 6.07 Å². The number of halogens is 2. The molecule has 0 radical (unpaired) electrons. The van der Waals surface area contributed by atoms with Crippen LogP contribution in [0.3, 0.4) is 0 Å². The number of nitrogens with zero attached hydrogens (tertiary/aromatic N) is 2. The van der Waals surface area contributed by atoms with Gasteiger partial charge in [0.1, 0.15) is 0 Å². The standard InChI is InChI=1S/C29H31ClN4O3.C24H23ClN2O2.H2S/c1-33-13-15-34(16-14-33)28(36)22-11-12-23(25(30)18-22)20-7-9-21(10-8-20)26-24(27(35)32-29(37)31-26)17-19-5-3-2-4-6-19;1-15-7-12-19(21(25)13-15)17-8-10-18(11-9-17)22-20(23(28)27-24(29)26-22)14-16-5-3-2-4-6-16;/h2-7,11-12,18,21H,8-10,13-17H2,1H3,(H2,31,32,35,37);2-8,12-13,18H,9-11,14H2,1H3,(H2,26,27,28,29);1H2/t;18-;/m.1./s1. The van der Waals surface area contributed by atoms with E-state index in [1.807, 2.05) is 90.7 Å². The van der Waals surface area contributed by atoms with Crippen LogP contribution in [0.4, 0.5) is 0 Å². The van der Waals surface area contributed by atoms with E-state index < -0.39 is 11.4 Å². The minimum atomic E-state index is -0.477. The van der Waals surface area contributed by atoms with Gasteiger partial charge in [-0.05, 0) is 110 Å². The van der Waals surface area contributed by atoms with Crippen molar-refractivity contribution in [2.75, 3.05) is 33.2 Å². The van der Waals surface area contributed by atoms with Crippen LogP contribution in [0.2, 0.25) is 10.0 Å². The van der Waals surface area contributed by atoms with Crippen LogP contribution in [0.15, 0.2) is 128 Å². The van der Waals surface area contributed by atoms with Crippen LogP contribution in [0.25, 0.3) is 11.1 Å². The van der Waals surface area contributed by atoms with Crippen molar-refractivity contribution in [2.45, 2.75) is 70.1 Å². The predicted octanol–water partition coefficient (Wildman–Crippen LogP) is 9.13. The summed E-state index contributed by atoms with van der Waals surface area (Å²) in [5.74, 6) is 0.162. The second-order valence-electron chi connectivity index (χ2n) is 17.6. The maximum Gasteiger partial charge on any atom is 0.325 e. The van der Waals surface area contributed by atoms with E-state index in [0.717, 1.165) is 102 Å². The van der Waals surface area contributed by atoms with Gasteiger partial charge in [0.25, 0.3) is 17.0 Å². The van der Waals surface area contributed by atoms with E-state index in [0.29, 0.717) is 46.7 Å². The third kappa shape index (κ3) is 12.0. The highest BCUT2D eigenvalue weighted by molar-refractivity contribution is 7.59. The fourth-order valence-electron chi connectivity index (χ4n) is 9.37. The lowest BCUT2D eigenvalue weighted by atomic mass is 9.82. The SMILES string of the molecule is CN1CCN(C(=O)c2ccc(C3=CCC(c4[nH]c(=O)[nH]c(=O)c4Cc4ccccc4)CC3)c(Cl)c2)CC1.Cc1ccc(C2=CC[C@@H](c3[nH]c(=O)[nH]c(=O)c3Cc3ccccc3)CC2)c(Cl)c1.S. The number of nitrogens with one attached hydrogen (secondary N) is 4. The summed E-state index contributed by atoms with van der Waals surface area (Å²) >= 11 is 13.1. The molecule has 14 heteroatoms. The molecule has 67 heavy (non-hydrogen) atoms. The summed E-state index contributed by atoms with van der Waals surface area (Å²) < 4.78 is 0. The van der Waals surface area contributed by atoms with Gasteiger partial charge in [0, 0.05) is 89.0 Å². The average molecular weight is 960 g/mol. The molecule has 3 heterocycles. The maximum atomic E-state index is 12.9. The van der Waals surface area contributed by atoms with Crippen LogP contribution >= 0.6 is 36.7 Å². The Hall–Kier alpha value is -5.92. The van der Waals surface area contributed by atoms with E-state index >= 15 is 0 Å². The number of amides is 1. The first-order valence-corrected chi connectivity index (χ1v) is 23.4. The molecule has 2 aromatic heterocycles. The molecule has 1 fully saturated rings. The first-order valence-electron chi connectivity index (χ1n) is 22.6. The zero-order chi connectivity index (χ0) is 46.3. The van der Waals surface area contributed by atoms with Gasteiger partial charge < -0.3 is 19.8 Å². The summed E-state index contributed by atoms with van der Waals surface area (Å²) in [7, 11) is 2.06. The molecule has 0 spiro atoms. The number of hydrogen-bond donors (Lipinski definition) is 4. The van der Waals surface area contributed by atoms with Crippen LogP contribution in [0.1, 0.15) is 111 Å². The number of hydrogen-bond acceptors (Lipinski definition) is 6. The molecule has 2 aliphatic carbocycles. The number of aromatic nitrogens is 4. The Balaban J connectivity index is 0.000000202. The molecule has 0 saturated carbocycles. The molecule has 348 valence electrons. The van der Waals surface area contributed by atoms with Crippen molar-refractivity contribution in [2.24, 2.45) is 0 Å². The first kappa shape index (κ1) is 49.0. The van der Waals surface area contributed by atoms with Crippen molar-refractivity contribution in [3.8, 4) is 0 Å². The summed E-state index contributed by atoms with van der Waals surface area (Å²) in [6.45, 7) is 5.21. The minimum Gasteiger partial charge on any atom is -0.336 e. The zero-order valence-corrected chi connectivity index (χ0v) is 40.2. The molecule has 3 aliphatic rings. The molecule has 9 rings (SSSR count). The van der Waals surface area contributed by atoms with Crippen molar-refractivity contribution in [1.29, 1.82) is 0 Å². The third-order valence-electron chi connectivity index (χ3n) is 13.1. The van der Waals surface area contributed by atoms with Gasteiger partial charge in [-0.3, -0.25) is 24.4 Å². The summed E-state index contributed by atoms with van der Waals surface area (Å²) in [5.41, 5.74) is 9.33. The second kappa shape index (κ2) is 22.3. The van der Waals surface area contributed by atoms with Gasteiger partial charge in [-0.1, -0.05) is 114 Å². The van der Waals surface area contributed by atoms with Gasteiger partial charge in [-0.15, -0.1) is 0 Å². The molecule has 1 saturated heterocycles. The molecular formula is C53H56Cl2N6O5S. The van der Waals surface area contributed by atoms with Crippen molar-refractivity contribution in [3.63, 3.8) is 0 Å². The smallest absolute Gasteiger partial charge is 0.325 e. The summed E-state index contributed by atoms with van der Waals surface area (Å²) in [6.07, 6.45) is 10.0. The van der Waals surface area contributed by atoms with Crippen LogP contribution in [0, 0.1) is 6.92 Å². The van der Waals surface area contributed by atoms with Gasteiger partial charge >= 0.3 is 11.4 Å². The number of benzene rings is 4. The quantitative estimate of drug-likeness (QED) is 0.113. The Bertz CT molecular complexity index is 3030. The molecular weight excluding hydrogens is 904 g/mol. The maximum absolute atomic E-state index is 12.9. The van der Waals surface area contributed by atoms with Gasteiger partial charge in [-0.2, -0.15) is 13.5 Å². The molecule has 1 unspecified atom stereocenters. The van der Waals surface area contributed by atoms with E-state index in [9.17, 15) is 24.0 Å². The van der Waals surface area contributed by atoms with E-state index in [2.05, 4.69) is 56.2 Å². The Morgan fingerprint density at radius 2 is 1.07 bits per heavy atom. The summed E-state index contributed by atoms with van der Waals surface area (Å²) in [5, 5.41) is 1.34. The van der Waals surface area contributed by atoms with Crippen LogP contribution in [-0.4, -0.2) is 68.9 Å². The molecule has 1 amide bonds. The van der Waals surface area contributed by atoms with Crippen molar-refractivity contribution >= 4 is 53.8 Å². The van der Waals surface area contributed by atoms with Crippen molar-refractivity contribution < 1.29 is 4.79 Å². The highest BCUT2D eigenvalue weighted by Crippen LogP contribution is 2.40. The van der Waals surface area contributed by atoms with Gasteiger partial charge in [0.05, 0.1) is 0 Å². The van der Waals surface area contributed by atoms with Crippen LogP contribution in [0.5, 0.6) is 0 Å². The predicted molar refractivity (Wildman–Crippen MR) is 274 cm³/mol. The number of carbonyl (C=O) groups is 1. The molecule has 1 aliphatic heterocycles. The van der Waals surface area contributed by atoms with Crippen LogP contribution in [-0.2, 0) is 12.8 Å². The van der Waals surface area contributed by atoms with Crippen molar-refractivity contribution in [1.82, 2.24) is 29.7 Å². The molecule has 2 atom stereocenters. The zero-order valence-electron chi connectivity index (χ0n) is 37.7. The average Bonchev–Trinajstić information content (AvgIpc) is 3.32. The monoisotopic (exact) mass is 958 g/mol. The number of likely N-dealkylation sites (N-methyl/N-ethyl adjacent to an activating group) is 1. The fraction of sp³-hybridized carbons (Fsp3) is 0.302. The highest BCUT2D eigenvalue weighted by atomic mass is 35.5. The Labute approximate surface area is 406 Å². The minimum absolute atomic E-state index is 0. The number of carbonyl (C=O) groups excluding carboxylic acids is 1. The lowest BCUT2D eigenvalue weighted by Crippen LogP contribution is -2.47. The lowest BCUT2D eigenvalue weighted by Gasteiger charge is -2.32. The molecule has 6 aromatic rings. The largest absolute Gasteiger partial charge is 0.336 e. The van der Waals surface area contributed by atoms with Crippen molar-refractivity contribution in [3.05, 3.63) is 217 Å². The number of aryl methyl sites for hydroxylation is 1. The Kier molecular flexibility index (Phi) is 16.3. The molecule has 4 aromatic carbocycles. The fourth-order valence-corrected chi connectivity index (χ4v) is 10.0. The van der Waals surface area contributed by atoms with E-state index in [4.69, 9.17) is 23.2 Å². The third-order valence-corrected chi connectivity index (χ3v) is 13.7. The van der Waals surface area contributed by atoms with E-state index in [-0.39, 0.29) is 42.4 Å². The molecule has 0 bridgehead atoms. The molecule has 11 nitrogen and oxygen atoms in total. The topological polar surface area (TPSA) is 155 Å². The van der Waals surface area contributed by atoms with E-state index in [1.165, 1.54) is 5.57 Å². The highest BCUT2D eigenvalue weighted by Gasteiger charge is 2.26. The normalized spacial score (nSPS) is 17.3. The lowest BCUT2D eigenvalue weighted by molar-refractivity contribution is 0.0664. The number of allylic oxidation sites excluding steroid dienone is 4. The Morgan fingerprint density at radius 1 is 0.612 bits per heavy atom. The van der Waals surface area contributed by atoms with Gasteiger partial charge in [0.15, 0.2) is 0 Å². The number of piperazine rings is 1. The van der Waals surface area contributed by atoms with Crippen LogP contribution < -0.4 is 22.5 Å². The Morgan fingerprint density at radius 3 is 1.51 bits per heavy atom. The number of aromatic amines is 4. The summed E-state index contributed by atoms with van der Waals surface area (Å²) in [6, 6.07) is 31.3. The van der Waals surface area contributed by atoms with Gasteiger partial charge in [0.2, 0.25) is 0 Å². The summed E-state index contributed by atoms with van der Waals surface area (Å²) in [4.78, 5) is 77.0. The number of rotatable bonds is 9. The van der Waals surface area contributed by atoms with Gasteiger partial charge in [-0.25, -0.2) is 9.59 Å².